The van der Waals surface area contributed by atoms with E-state index in [4.69, 9.17) is 4.74 Å². The molecule has 0 unspecified atom stereocenters. The lowest BCUT2D eigenvalue weighted by atomic mass is 10.2. The second-order valence-electron chi connectivity index (χ2n) is 4.46. The fraction of sp³-hybridized carbons (Fsp3) is 0. The number of hydrogen-bond donors (Lipinski definition) is 1. The SMILES string of the molecule is O=C(Nc1ccccc1Oc1ccccc1)c1ccncn1. The molecule has 0 radical (unpaired) electrons. The Morgan fingerprint density at radius 3 is 2.50 bits per heavy atom. The van der Waals surface area contributed by atoms with Crippen molar-refractivity contribution in [3.05, 3.63) is 78.9 Å². The van der Waals surface area contributed by atoms with Crippen molar-refractivity contribution < 1.29 is 9.53 Å². The molecule has 22 heavy (non-hydrogen) atoms. The summed E-state index contributed by atoms with van der Waals surface area (Å²) >= 11 is 0. The zero-order valence-corrected chi connectivity index (χ0v) is 11.6. The van der Waals surface area contributed by atoms with E-state index >= 15 is 0 Å². The van der Waals surface area contributed by atoms with Crippen LogP contribution in [0.25, 0.3) is 0 Å². The number of hydrogen-bond acceptors (Lipinski definition) is 4. The summed E-state index contributed by atoms with van der Waals surface area (Å²) in [4.78, 5) is 19.9. The van der Waals surface area contributed by atoms with Crippen LogP contribution in [0.4, 0.5) is 5.69 Å². The molecular weight excluding hydrogens is 278 g/mol. The van der Waals surface area contributed by atoms with Crippen molar-refractivity contribution in [2.75, 3.05) is 5.32 Å². The first-order valence-corrected chi connectivity index (χ1v) is 6.72. The van der Waals surface area contributed by atoms with Crippen LogP contribution in [0.2, 0.25) is 0 Å². The molecule has 0 aliphatic carbocycles. The summed E-state index contributed by atoms with van der Waals surface area (Å²) in [5, 5.41) is 2.79. The number of amides is 1. The van der Waals surface area contributed by atoms with E-state index in [1.807, 2.05) is 42.5 Å². The number of carbonyl (C=O) groups excluding carboxylic acids is 1. The van der Waals surface area contributed by atoms with Crippen molar-refractivity contribution in [3.8, 4) is 11.5 Å². The standard InChI is InChI=1S/C17H13N3O2/c21-17(15-10-11-18-12-19-15)20-14-8-4-5-9-16(14)22-13-6-2-1-3-7-13/h1-12H,(H,20,21). The second-order valence-corrected chi connectivity index (χ2v) is 4.46. The minimum absolute atomic E-state index is 0.296. The molecule has 0 bridgehead atoms. The smallest absolute Gasteiger partial charge is 0.274 e. The Bertz CT molecular complexity index is 761. The highest BCUT2D eigenvalue weighted by Gasteiger charge is 2.11. The third-order valence-corrected chi connectivity index (χ3v) is 2.92. The predicted octanol–water partition coefficient (Wildman–Crippen LogP) is 3.52. The molecule has 0 aliphatic heterocycles. The van der Waals surface area contributed by atoms with Crippen LogP contribution in [0.3, 0.4) is 0 Å². The Labute approximate surface area is 127 Å². The van der Waals surface area contributed by atoms with E-state index in [2.05, 4.69) is 15.3 Å². The number of carbonyl (C=O) groups is 1. The molecule has 1 heterocycles. The van der Waals surface area contributed by atoms with Crippen LogP contribution in [0.1, 0.15) is 10.5 Å². The molecule has 0 saturated carbocycles. The quantitative estimate of drug-likeness (QED) is 0.798. The summed E-state index contributed by atoms with van der Waals surface area (Å²) < 4.78 is 5.80. The Morgan fingerprint density at radius 2 is 1.73 bits per heavy atom. The van der Waals surface area contributed by atoms with E-state index in [0.29, 0.717) is 22.9 Å². The zero-order chi connectivity index (χ0) is 15.2. The molecule has 1 N–H and O–H groups in total. The number of benzene rings is 2. The first-order valence-electron chi connectivity index (χ1n) is 6.72. The maximum Gasteiger partial charge on any atom is 0.274 e. The van der Waals surface area contributed by atoms with Crippen LogP contribution in [0, 0.1) is 0 Å². The van der Waals surface area contributed by atoms with Crippen LogP contribution in [0.5, 0.6) is 11.5 Å². The van der Waals surface area contributed by atoms with E-state index in [9.17, 15) is 4.79 Å². The number of nitrogens with zero attached hydrogens (tertiary/aromatic N) is 2. The minimum Gasteiger partial charge on any atom is -0.455 e. The number of anilines is 1. The monoisotopic (exact) mass is 291 g/mol. The predicted molar refractivity (Wildman–Crippen MR) is 82.9 cm³/mol. The van der Waals surface area contributed by atoms with E-state index in [1.165, 1.54) is 12.5 Å². The van der Waals surface area contributed by atoms with Gasteiger partial charge in [-0.25, -0.2) is 9.97 Å². The molecule has 3 aromatic rings. The Kier molecular flexibility index (Phi) is 4.06. The van der Waals surface area contributed by atoms with Gasteiger partial charge < -0.3 is 10.1 Å². The number of ether oxygens (including phenoxy) is 1. The molecular formula is C17H13N3O2. The van der Waals surface area contributed by atoms with Gasteiger partial charge in [-0.05, 0) is 30.3 Å². The van der Waals surface area contributed by atoms with E-state index < -0.39 is 0 Å². The summed E-state index contributed by atoms with van der Waals surface area (Å²) in [5.41, 5.74) is 0.875. The molecule has 108 valence electrons. The molecule has 0 spiro atoms. The van der Waals surface area contributed by atoms with Gasteiger partial charge in [0.05, 0.1) is 5.69 Å². The van der Waals surface area contributed by atoms with Gasteiger partial charge >= 0.3 is 0 Å². The van der Waals surface area contributed by atoms with E-state index in [1.54, 1.807) is 18.2 Å². The van der Waals surface area contributed by atoms with Crippen molar-refractivity contribution in [1.82, 2.24) is 9.97 Å². The molecule has 5 heteroatoms. The molecule has 3 rings (SSSR count). The van der Waals surface area contributed by atoms with Crippen molar-refractivity contribution in [2.45, 2.75) is 0 Å². The minimum atomic E-state index is -0.313. The molecule has 0 fully saturated rings. The lowest BCUT2D eigenvalue weighted by Gasteiger charge is -2.11. The van der Waals surface area contributed by atoms with Gasteiger partial charge in [0.2, 0.25) is 0 Å². The molecule has 0 saturated heterocycles. The van der Waals surface area contributed by atoms with Crippen LogP contribution in [-0.2, 0) is 0 Å². The summed E-state index contributed by atoms with van der Waals surface area (Å²) in [6, 6.07) is 18.2. The third-order valence-electron chi connectivity index (χ3n) is 2.92. The lowest BCUT2D eigenvalue weighted by molar-refractivity contribution is 0.102. The van der Waals surface area contributed by atoms with Crippen molar-refractivity contribution >= 4 is 11.6 Å². The van der Waals surface area contributed by atoms with Gasteiger partial charge in [0.1, 0.15) is 17.8 Å². The molecule has 2 aromatic carbocycles. The first kappa shape index (κ1) is 13.8. The fourth-order valence-corrected chi connectivity index (χ4v) is 1.89. The highest BCUT2D eigenvalue weighted by Crippen LogP contribution is 2.29. The topological polar surface area (TPSA) is 64.1 Å². The van der Waals surface area contributed by atoms with Gasteiger partial charge in [-0.1, -0.05) is 30.3 Å². The van der Waals surface area contributed by atoms with Crippen LogP contribution in [0.15, 0.2) is 73.2 Å². The summed E-state index contributed by atoms with van der Waals surface area (Å²) in [6.45, 7) is 0. The molecule has 5 nitrogen and oxygen atoms in total. The number of para-hydroxylation sites is 3. The van der Waals surface area contributed by atoms with Crippen LogP contribution < -0.4 is 10.1 Å². The van der Waals surface area contributed by atoms with Crippen LogP contribution in [-0.4, -0.2) is 15.9 Å². The fourth-order valence-electron chi connectivity index (χ4n) is 1.89. The highest BCUT2D eigenvalue weighted by atomic mass is 16.5. The average molecular weight is 291 g/mol. The Morgan fingerprint density at radius 1 is 0.955 bits per heavy atom. The molecule has 0 aliphatic rings. The van der Waals surface area contributed by atoms with Crippen molar-refractivity contribution in [1.29, 1.82) is 0 Å². The first-order chi connectivity index (χ1) is 10.8. The van der Waals surface area contributed by atoms with Gasteiger partial charge in [0, 0.05) is 6.20 Å². The van der Waals surface area contributed by atoms with Gasteiger partial charge in [-0.3, -0.25) is 4.79 Å². The summed E-state index contributed by atoms with van der Waals surface area (Å²) in [5.74, 6) is 0.953. The van der Waals surface area contributed by atoms with Gasteiger partial charge in [-0.15, -0.1) is 0 Å². The van der Waals surface area contributed by atoms with Crippen LogP contribution >= 0.6 is 0 Å². The second kappa shape index (κ2) is 6.49. The number of nitrogens with one attached hydrogen (secondary N) is 1. The number of aromatic nitrogens is 2. The molecule has 0 atom stereocenters. The average Bonchev–Trinajstić information content (AvgIpc) is 2.58. The third kappa shape index (κ3) is 3.27. The van der Waals surface area contributed by atoms with E-state index in [-0.39, 0.29) is 5.91 Å². The van der Waals surface area contributed by atoms with Gasteiger partial charge in [-0.2, -0.15) is 0 Å². The maximum atomic E-state index is 12.2. The van der Waals surface area contributed by atoms with E-state index in [0.717, 1.165) is 0 Å². The summed E-state index contributed by atoms with van der Waals surface area (Å²) in [6.07, 6.45) is 2.86. The largest absolute Gasteiger partial charge is 0.455 e. The number of rotatable bonds is 4. The molecule has 1 amide bonds. The van der Waals surface area contributed by atoms with Crippen molar-refractivity contribution in [3.63, 3.8) is 0 Å². The Balaban J connectivity index is 1.81. The zero-order valence-electron chi connectivity index (χ0n) is 11.6. The maximum absolute atomic E-state index is 12.2. The summed E-state index contributed by atoms with van der Waals surface area (Å²) in [7, 11) is 0. The van der Waals surface area contributed by atoms with Gasteiger partial charge in [0.15, 0.2) is 5.75 Å². The van der Waals surface area contributed by atoms with Gasteiger partial charge in [0.25, 0.3) is 5.91 Å². The Hall–Kier alpha value is -3.21. The normalized spacial score (nSPS) is 10.0. The highest BCUT2D eigenvalue weighted by molar-refractivity contribution is 6.03. The van der Waals surface area contributed by atoms with Crippen molar-refractivity contribution in [2.24, 2.45) is 0 Å². The molecule has 1 aromatic heterocycles. The lowest BCUT2D eigenvalue weighted by Crippen LogP contribution is -2.14.